The van der Waals surface area contributed by atoms with Crippen molar-refractivity contribution < 1.29 is 19.4 Å². The van der Waals surface area contributed by atoms with E-state index in [2.05, 4.69) is 4.90 Å². The molecule has 1 fully saturated rings. The second-order valence-electron chi connectivity index (χ2n) is 7.67. The van der Waals surface area contributed by atoms with Crippen LogP contribution >= 0.6 is 0 Å². The van der Waals surface area contributed by atoms with E-state index in [1.807, 2.05) is 45.0 Å². The fraction of sp³-hybridized carbons (Fsp3) is 0.667. The summed E-state index contributed by atoms with van der Waals surface area (Å²) in [6, 6.07) is 7.64. The van der Waals surface area contributed by atoms with E-state index in [-0.39, 0.29) is 24.0 Å². The molecular formula is C21H34N2O4. The van der Waals surface area contributed by atoms with Gasteiger partial charge in [0.05, 0.1) is 25.4 Å². The predicted molar refractivity (Wildman–Crippen MR) is 106 cm³/mol. The van der Waals surface area contributed by atoms with Gasteiger partial charge >= 0.3 is 0 Å². The molecule has 1 amide bonds. The van der Waals surface area contributed by atoms with E-state index in [9.17, 15) is 9.90 Å². The van der Waals surface area contributed by atoms with E-state index in [0.717, 1.165) is 12.1 Å². The number of hydrogen-bond acceptors (Lipinski definition) is 5. The Kier molecular flexibility index (Phi) is 8.70. The Hall–Kier alpha value is -1.47. The Morgan fingerprint density at radius 2 is 2.07 bits per heavy atom. The molecule has 6 nitrogen and oxygen atoms in total. The van der Waals surface area contributed by atoms with Crippen LogP contribution in [0.25, 0.3) is 0 Å². The van der Waals surface area contributed by atoms with Crippen molar-refractivity contribution in [2.45, 2.75) is 33.0 Å². The van der Waals surface area contributed by atoms with Crippen molar-refractivity contribution >= 4 is 5.91 Å². The van der Waals surface area contributed by atoms with Gasteiger partial charge in [-0.15, -0.1) is 0 Å². The Bertz CT molecular complexity index is 576. The van der Waals surface area contributed by atoms with Crippen LogP contribution in [-0.4, -0.2) is 86.1 Å². The lowest BCUT2D eigenvalue weighted by Gasteiger charge is -2.37. The molecule has 2 atom stereocenters. The number of morpholine rings is 1. The van der Waals surface area contributed by atoms with Crippen LogP contribution in [0.15, 0.2) is 24.3 Å². The third kappa shape index (κ3) is 6.88. The average molecular weight is 379 g/mol. The highest BCUT2D eigenvalue weighted by molar-refractivity contribution is 5.94. The fourth-order valence-electron chi connectivity index (χ4n) is 3.13. The molecule has 0 saturated carbocycles. The molecule has 0 spiro atoms. The second kappa shape index (κ2) is 10.8. The van der Waals surface area contributed by atoms with Crippen LogP contribution in [0.4, 0.5) is 0 Å². The van der Waals surface area contributed by atoms with Gasteiger partial charge in [0.2, 0.25) is 0 Å². The standard InChI is InChI=1S/C21H34N2O4/c1-16(2)20(24)15-22-9-12-27-19(13-22)14-23(10-11-26-4)21(25)18-7-5-17(3)6-8-18/h5-8,16,19-20,24H,9-15H2,1-4H3/t19-,20-/m1/s1. The maximum absolute atomic E-state index is 12.9. The van der Waals surface area contributed by atoms with Gasteiger partial charge in [-0.05, 0) is 25.0 Å². The smallest absolute Gasteiger partial charge is 0.254 e. The predicted octanol–water partition coefficient (Wildman–Crippen LogP) is 1.80. The molecule has 0 bridgehead atoms. The number of methoxy groups -OCH3 is 1. The van der Waals surface area contributed by atoms with Gasteiger partial charge in [-0.25, -0.2) is 0 Å². The molecule has 152 valence electrons. The van der Waals surface area contributed by atoms with Gasteiger partial charge in [0.1, 0.15) is 0 Å². The van der Waals surface area contributed by atoms with Gasteiger partial charge in [0.25, 0.3) is 5.91 Å². The molecule has 0 radical (unpaired) electrons. The lowest BCUT2D eigenvalue weighted by molar-refractivity contribution is -0.0551. The Morgan fingerprint density at radius 3 is 2.70 bits per heavy atom. The summed E-state index contributed by atoms with van der Waals surface area (Å²) < 4.78 is 11.1. The van der Waals surface area contributed by atoms with Crippen molar-refractivity contribution in [2.24, 2.45) is 5.92 Å². The summed E-state index contributed by atoms with van der Waals surface area (Å²) in [5.41, 5.74) is 1.81. The molecule has 2 rings (SSSR count). The van der Waals surface area contributed by atoms with E-state index >= 15 is 0 Å². The molecule has 0 aromatic heterocycles. The summed E-state index contributed by atoms with van der Waals surface area (Å²) in [4.78, 5) is 17.0. The molecule has 0 aliphatic carbocycles. The third-order valence-electron chi connectivity index (χ3n) is 5.01. The number of nitrogens with zero attached hydrogens (tertiary/aromatic N) is 2. The maximum atomic E-state index is 12.9. The van der Waals surface area contributed by atoms with Crippen LogP contribution in [0, 0.1) is 12.8 Å². The number of ether oxygens (including phenoxy) is 2. The summed E-state index contributed by atoms with van der Waals surface area (Å²) in [6.45, 7) is 10.4. The minimum atomic E-state index is -0.345. The zero-order chi connectivity index (χ0) is 19.8. The molecule has 1 aliphatic rings. The SMILES string of the molecule is COCCN(C[C@H]1CN(C[C@@H](O)C(C)C)CCO1)C(=O)c1ccc(C)cc1. The van der Waals surface area contributed by atoms with Crippen molar-refractivity contribution in [3.05, 3.63) is 35.4 Å². The second-order valence-corrected chi connectivity index (χ2v) is 7.67. The molecule has 1 aliphatic heterocycles. The first kappa shape index (κ1) is 21.8. The lowest BCUT2D eigenvalue weighted by Crippen LogP contribution is -2.51. The van der Waals surface area contributed by atoms with E-state index in [1.54, 1.807) is 12.0 Å². The quantitative estimate of drug-likeness (QED) is 0.710. The first-order valence-electron chi connectivity index (χ1n) is 9.77. The molecule has 1 saturated heterocycles. The summed E-state index contributed by atoms with van der Waals surface area (Å²) in [7, 11) is 1.64. The van der Waals surface area contributed by atoms with Crippen LogP contribution in [-0.2, 0) is 9.47 Å². The number of aliphatic hydroxyl groups is 1. The van der Waals surface area contributed by atoms with Crippen LogP contribution in [0.3, 0.4) is 0 Å². The maximum Gasteiger partial charge on any atom is 0.254 e. The normalized spacial score (nSPS) is 19.3. The molecular weight excluding hydrogens is 344 g/mol. The van der Waals surface area contributed by atoms with Gasteiger partial charge in [0.15, 0.2) is 0 Å². The molecule has 0 unspecified atom stereocenters. The minimum absolute atomic E-state index is 0.00464. The van der Waals surface area contributed by atoms with Gasteiger partial charge in [-0.1, -0.05) is 31.5 Å². The number of aliphatic hydroxyl groups excluding tert-OH is 1. The van der Waals surface area contributed by atoms with Crippen molar-refractivity contribution in [3.63, 3.8) is 0 Å². The van der Waals surface area contributed by atoms with Crippen molar-refractivity contribution in [1.29, 1.82) is 0 Å². The van der Waals surface area contributed by atoms with Crippen LogP contribution in [0.1, 0.15) is 29.8 Å². The van der Waals surface area contributed by atoms with Crippen molar-refractivity contribution in [3.8, 4) is 0 Å². The van der Waals surface area contributed by atoms with E-state index in [1.165, 1.54) is 0 Å². The molecule has 1 aromatic carbocycles. The van der Waals surface area contributed by atoms with E-state index in [0.29, 0.717) is 45.0 Å². The third-order valence-corrected chi connectivity index (χ3v) is 5.01. The average Bonchev–Trinajstić information content (AvgIpc) is 2.65. The van der Waals surface area contributed by atoms with Crippen molar-refractivity contribution in [2.75, 3.05) is 53.0 Å². The number of rotatable bonds is 9. The Morgan fingerprint density at radius 1 is 1.37 bits per heavy atom. The first-order chi connectivity index (χ1) is 12.9. The fourth-order valence-corrected chi connectivity index (χ4v) is 3.13. The van der Waals surface area contributed by atoms with E-state index < -0.39 is 0 Å². The van der Waals surface area contributed by atoms with Gasteiger partial charge in [-0.2, -0.15) is 0 Å². The number of benzene rings is 1. The van der Waals surface area contributed by atoms with Crippen molar-refractivity contribution in [1.82, 2.24) is 9.80 Å². The molecule has 1 aromatic rings. The summed E-state index contributed by atoms with van der Waals surface area (Å²) >= 11 is 0. The Balaban J connectivity index is 1.99. The number of carbonyl (C=O) groups is 1. The Labute approximate surface area is 163 Å². The first-order valence-corrected chi connectivity index (χ1v) is 9.77. The number of β-amino-alcohol motifs (C(OH)–C–C–N with tert-alkyl or cyclic N) is 1. The zero-order valence-electron chi connectivity index (χ0n) is 17.1. The number of hydrogen-bond donors (Lipinski definition) is 1. The number of aryl methyl sites for hydroxylation is 1. The number of amides is 1. The highest BCUT2D eigenvalue weighted by atomic mass is 16.5. The van der Waals surface area contributed by atoms with E-state index in [4.69, 9.17) is 9.47 Å². The van der Waals surface area contributed by atoms with Crippen LogP contribution in [0.2, 0.25) is 0 Å². The highest BCUT2D eigenvalue weighted by Crippen LogP contribution is 2.13. The van der Waals surface area contributed by atoms with Crippen LogP contribution < -0.4 is 0 Å². The molecule has 1 heterocycles. The molecule has 6 heteroatoms. The topological polar surface area (TPSA) is 62.2 Å². The summed E-state index contributed by atoms with van der Waals surface area (Å²) in [6.07, 6.45) is -0.410. The molecule has 27 heavy (non-hydrogen) atoms. The largest absolute Gasteiger partial charge is 0.392 e. The van der Waals surface area contributed by atoms with Gasteiger partial charge < -0.3 is 19.5 Å². The van der Waals surface area contributed by atoms with Crippen LogP contribution in [0.5, 0.6) is 0 Å². The lowest BCUT2D eigenvalue weighted by atomic mass is 10.1. The monoisotopic (exact) mass is 378 g/mol. The highest BCUT2D eigenvalue weighted by Gasteiger charge is 2.27. The van der Waals surface area contributed by atoms with Gasteiger partial charge in [0, 0.05) is 45.4 Å². The zero-order valence-corrected chi connectivity index (χ0v) is 17.1. The van der Waals surface area contributed by atoms with Gasteiger partial charge in [-0.3, -0.25) is 9.69 Å². The summed E-state index contributed by atoms with van der Waals surface area (Å²) in [5.74, 6) is 0.225. The number of carbonyl (C=O) groups excluding carboxylic acids is 1. The molecule has 1 N–H and O–H groups in total. The summed E-state index contributed by atoms with van der Waals surface area (Å²) in [5, 5.41) is 10.2. The minimum Gasteiger partial charge on any atom is -0.392 e.